The molecule has 16 heavy (non-hydrogen) atoms. The number of para-hydroxylation sites is 1. The molecular weight excluding hydrogens is 206 g/mol. The van der Waals surface area contributed by atoms with Crippen molar-refractivity contribution in [2.45, 2.75) is 19.4 Å². The number of hydrogen-bond acceptors (Lipinski definition) is 3. The van der Waals surface area contributed by atoms with E-state index in [0.29, 0.717) is 18.8 Å². The molecule has 1 aromatic carbocycles. The van der Waals surface area contributed by atoms with Crippen LogP contribution in [0.2, 0.25) is 0 Å². The second kappa shape index (κ2) is 4.43. The summed E-state index contributed by atoms with van der Waals surface area (Å²) in [4.78, 5) is 10.9. The fourth-order valence-electron chi connectivity index (χ4n) is 1.81. The number of nitrogens with one attached hydrogen (secondary N) is 1. The van der Waals surface area contributed by atoms with Crippen LogP contribution in [-0.4, -0.2) is 19.6 Å². The van der Waals surface area contributed by atoms with E-state index in [-0.39, 0.29) is 11.9 Å². The van der Waals surface area contributed by atoms with E-state index in [1.54, 1.807) is 7.11 Å². The van der Waals surface area contributed by atoms with E-state index in [2.05, 4.69) is 5.32 Å². The van der Waals surface area contributed by atoms with Gasteiger partial charge in [0.1, 0.15) is 0 Å². The van der Waals surface area contributed by atoms with Gasteiger partial charge < -0.3 is 14.8 Å². The van der Waals surface area contributed by atoms with E-state index in [1.807, 2.05) is 25.1 Å². The van der Waals surface area contributed by atoms with Crippen LogP contribution in [0.25, 0.3) is 0 Å². The van der Waals surface area contributed by atoms with Gasteiger partial charge in [-0.3, -0.25) is 4.79 Å². The number of ether oxygens (including phenoxy) is 2. The smallest absolute Gasteiger partial charge is 0.222 e. The van der Waals surface area contributed by atoms with Crippen LogP contribution in [0, 0.1) is 0 Å². The molecule has 0 aliphatic carbocycles. The summed E-state index contributed by atoms with van der Waals surface area (Å²) in [5.74, 6) is 1.52. The summed E-state index contributed by atoms with van der Waals surface area (Å²) >= 11 is 0. The molecule has 86 valence electrons. The molecule has 4 nitrogen and oxygen atoms in total. The molecular formula is C12H15NO3. The van der Waals surface area contributed by atoms with Crippen molar-refractivity contribution < 1.29 is 14.3 Å². The van der Waals surface area contributed by atoms with E-state index in [1.165, 1.54) is 0 Å². The van der Waals surface area contributed by atoms with Gasteiger partial charge in [-0.15, -0.1) is 0 Å². The number of hydrogen-bond donors (Lipinski definition) is 1. The summed E-state index contributed by atoms with van der Waals surface area (Å²) < 4.78 is 10.8. The normalized spacial score (nSPS) is 18.6. The molecule has 4 heteroatoms. The van der Waals surface area contributed by atoms with Gasteiger partial charge in [0.25, 0.3) is 0 Å². The molecule has 1 amide bonds. The Morgan fingerprint density at radius 3 is 2.81 bits per heavy atom. The average Bonchev–Trinajstić information content (AvgIpc) is 2.26. The fraction of sp³-hybridized carbons (Fsp3) is 0.417. The molecule has 1 N–H and O–H groups in total. The topological polar surface area (TPSA) is 47.6 Å². The van der Waals surface area contributed by atoms with E-state index in [0.717, 1.165) is 11.3 Å². The van der Waals surface area contributed by atoms with Gasteiger partial charge in [0.15, 0.2) is 11.5 Å². The summed E-state index contributed by atoms with van der Waals surface area (Å²) in [6.45, 7) is 2.50. The van der Waals surface area contributed by atoms with Crippen molar-refractivity contribution in [1.82, 2.24) is 5.32 Å². The Morgan fingerprint density at radius 1 is 1.50 bits per heavy atom. The van der Waals surface area contributed by atoms with Crippen molar-refractivity contribution in [1.29, 1.82) is 0 Å². The first kappa shape index (κ1) is 10.8. The lowest BCUT2D eigenvalue weighted by Gasteiger charge is -2.29. The lowest BCUT2D eigenvalue weighted by molar-refractivity contribution is -0.128. The van der Waals surface area contributed by atoms with E-state index < -0.39 is 0 Å². The predicted molar refractivity (Wildman–Crippen MR) is 59.7 cm³/mol. The van der Waals surface area contributed by atoms with Crippen LogP contribution in [0.3, 0.4) is 0 Å². The molecule has 1 aliphatic heterocycles. The Kier molecular flexibility index (Phi) is 2.99. The molecule has 0 radical (unpaired) electrons. The first-order valence-corrected chi connectivity index (χ1v) is 5.35. The molecule has 1 aliphatic rings. The molecule has 1 unspecified atom stereocenters. The monoisotopic (exact) mass is 221 g/mol. The molecule has 1 fully saturated rings. The average molecular weight is 221 g/mol. The minimum atomic E-state index is 0.0594. The number of benzene rings is 1. The molecule has 0 bridgehead atoms. The van der Waals surface area contributed by atoms with Crippen LogP contribution in [0.1, 0.15) is 24.9 Å². The van der Waals surface area contributed by atoms with Gasteiger partial charge in [0.05, 0.1) is 26.2 Å². The Balaban J connectivity index is 2.31. The Bertz CT molecular complexity index is 395. The second-order valence-electron chi connectivity index (χ2n) is 3.64. The zero-order chi connectivity index (χ0) is 11.5. The molecule has 1 saturated heterocycles. The van der Waals surface area contributed by atoms with Crippen molar-refractivity contribution in [3.63, 3.8) is 0 Å². The van der Waals surface area contributed by atoms with Gasteiger partial charge in [0, 0.05) is 5.56 Å². The summed E-state index contributed by atoms with van der Waals surface area (Å²) in [5, 5.41) is 2.83. The van der Waals surface area contributed by atoms with Gasteiger partial charge in [-0.1, -0.05) is 12.1 Å². The lowest BCUT2D eigenvalue weighted by atomic mass is 9.96. The molecule has 1 heterocycles. The molecule has 1 aromatic rings. The fourth-order valence-corrected chi connectivity index (χ4v) is 1.81. The van der Waals surface area contributed by atoms with Gasteiger partial charge in [-0.2, -0.15) is 0 Å². The maximum absolute atomic E-state index is 10.9. The third-order valence-electron chi connectivity index (χ3n) is 2.62. The third-order valence-corrected chi connectivity index (χ3v) is 2.62. The van der Waals surface area contributed by atoms with E-state index in [4.69, 9.17) is 9.47 Å². The van der Waals surface area contributed by atoms with Crippen LogP contribution in [-0.2, 0) is 4.79 Å². The van der Waals surface area contributed by atoms with Crippen molar-refractivity contribution >= 4 is 5.91 Å². The van der Waals surface area contributed by atoms with Gasteiger partial charge in [0.2, 0.25) is 5.91 Å². The standard InChI is InChI=1S/C12H15NO3/c1-3-16-12-8(9-7-11(14)13-9)5-4-6-10(12)15-2/h4-6,9H,3,7H2,1-2H3,(H,13,14). The number of carbonyl (C=O) groups is 1. The lowest BCUT2D eigenvalue weighted by Crippen LogP contribution is -2.41. The number of carbonyl (C=O) groups excluding carboxylic acids is 1. The predicted octanol–water partition coefficient (Wildman–Crippen LogP) is 1.65. The van der Waals surface area contributed by atoms with Crippen molar-refractivity contribution in [2.75, 3.05) is 13.7 Å². The highest BCUT2D eigenvalue weighted by atomic mass is 16.5. The quantitative estimate of drug-likeness (QED) is 0.786. The molecule has 0 saturated carbocycles. The van der Waals surface area contributed by atoms with Crippen LogP contribution in [0.4, 0.5) is 0 Å². The maximum Gasteiger partial charge on any atom is 0.222 e. The third kappa shape index (κ3) is 1.83. The molecule has 0 spiro atoms. The Morgan fingerprint density at radius 2 is 2.25 bits per heavy atom. The molecule has 1 atom stereocenters. The van der Waals surface area contributed by atoms with Crippen LogP contribution < -0.4 is 14.8 Å². The minimum absolute atomic E-state index is 0.0594. The first-order chi connectivity index (χ1) is 7.76. The summed E-state index contributed by atoms with van der Waals surface area (Å²) in [6.07, 6.45) is 0.521. The van der Waals surface area contributed by atoms with Crippen molar-refractivity contribution in [3.05, 3.63) is 23.8 Å². The molecule has 0 aromatic heterocycles. The Labute approximate surface area is 94.6 Å². The first-order valence-electron chi connectivity index (χ1n) is 5.35. The number of methoxy groups -OCH3 is 1. The zero-order valence-corrected chi connectivity index (χ0v) is 9.45. The van der Waals surface area contributed by atoms with Crippen LogP contribution in [0.5, 0.6) is 11.5 Å². The minimum Gasteiger partial charge on any atom is -0.493 e. The van der Waals surface area contributed by atoms with E-state index in [9.17, 15) is 4.79 Å². The summed E-state index contributed by atoms with van der Waals surface area (Å²) in [5.41, 5.74) is 0.987. The van der Waals surface area contributed by atoms with Gasteiger partial charge in [-0.05, 0) is 13.0 Å². The van der Waals surface area contributed by atoms with Crippen LogP contribution >= 0.6 is 0 Å². The highest BCUT2D eigenvalue weighted by molar-refractivity contribution is 5.83. The SMILES string of the molecule is CCOc1c(OC)cccc1C1CC(=O)N1. The summed E-state index contributed by atoms with van der Waals surface area (Å²) in [7, 11) is 1.61. The van der Waals surface area contributed by atoms with Crippen LogP contribution in [0.15, 0.2) is 18.2 Å². The Hall–Kier alpha value is -1.71. The number of amides is 1. The second-order valence-corrected chi connectivity index (χ2v) is 3.64. The number of rotatable bonds is 4. The van der Waals surface area contributed by atoms with Gasteiger partial charge >= 0.3 is 0 Å². The van der Waals surface area contributed by atoms with Crippen molar-refractivity contribution in [3.8, 4) is 11.5 Å². The molecule has 2 rings (SSSR count). The maximum atomic E-state index is 10.9. The van der Waals surface area contributed by atoms with Gasteiger partial charge in [-0.25, -0.2) is 0 Å². The zero-order valence-electron chi connectivity index (χ0n) is 9.45. The highest BCUT2D eigenvalue weighted by Crippen LogP contribution is 2.38. The van der Waals surface area contributed by atoms with Crippen molar-refractivity contribution in [2.24, 2.45) is 0 Å². The summed E-state index contributed by atoms with van der Waals surface area (Å²) in [6, 6.07) is 5.78. The highest BCUT2D eigenvalue weighted by Gasteiger charge is 2.30. The largest absolute Gasteiger partial charge is 0.493 e. The van der Waals surface area contributed by atoms with E-state index >= 15 is 0 Å². The number of β-lactam (4-membered cyclic amide) rings is 1.